The van der Waals surface area contributed by atoms with Gasteiger partial charge in [0.1, 0.15) is 18.3 Å². The molecule has 7 heteroatoms. The molecule has 0 heterocycles. The molecule has 0 rings (SSSR count). The summed E-state index contributed by atoms with van der Waals surface area (Å²) in [6.45, 7) is 9.95. The maximum atomic E-state index is 13.0. The molecule has 0 aliphatic heterocycles. The van der Waals surface area contributed by atoms with Gasteiger partial charge in [-0.25, -0.2) is 0 Å². The molecule has 0 radical (unpaired) electrons. The number of hydrogen-bond donors (Lipinski definition) is 0. The van der Waals surface area contributed by atoms with Crippen LogP contribution in [0.25, 0.3) is 0 Å². The van der Waals surface area contributed by atoms with Gasteiger partial charge in [0, 0.05) is 19.3 Å². The second kappa shape index (κ2) is 39.6. The van der Waals surface area contributed by atoms with Crippen LogP contribution in [0.4, 0.5) is 0 Å². The van der Waals surface area contributed by atoms with E-state index < -0.39 is 0 Å². The van der Waals surface area contributed by atoms with Crippen LogP contribution in [-0.4, -0.2) is 61.8 Å². The number of ether oxygens (including phenoxy) is 3. The summed E-state index contributed by atoms with van der Waals surface area (Å²) < 4.78 is 18.1. The largest absolute Gasteiger partial charge is 0.462 e. The van der Waals surface area contributed by atoms with Crippen molar-refractivity contribution in [2.45, 2.75) is 264 Å². The second-order valence-electron chi connectivity index (χ2n) is 16.5. The summed E-state index contributed by atoms with van der Waals surface area (Å²) in [5.41, 5.74) is 0. The lowest BCUT2D eigenvalue weighted by molar-refractivity contribution is -0.151. The smallest absolute Gasteiger partial charge is 0.306 e. The first-order valence-corrected chi connectivity index (χ1v) is 23.5. The first kappa shape index (κ1) is 52.4. The summed E-state index contributed by atoms with van der Waals surface area (Å²) in [7, 11) is 4.13. The third kappa shape index (κ3) is 36.0. The Morgan fingerprint density at radius 3 is 0.907 bits per heavy atom. The SMILES string of the molecule is CCCCCCCC(CCCCCCC)OC(=O)CCCC(CCCC(=O)OC(CCCCCCC)CCCCCCC)OC(=O)CCCCCN(C)C. The lowest BCUT2D eigenvalue weighted by Crippen LogP contribution is -2.22. The Kier molecular flexibility index (Phi) is 38.4. The molecule has 0 aliphatic carbocycles. The zero-order valence-electron chi connectivity index (χ0n) is 36.9. The topological polar surface area (TPSA) is 82.1 Å². The standard InChI is InChI=1S/C47H91NO6/c1-7-11-15-19-24-32-42(33-25-20-16-12-8-2)52-46(50)39-30-36-44(54-45(49)38-28-23-29-41-48(5)6)37-31-40-47(51)53-43(34-26-21-17-13-9-3)35-27-22-18-14-10-4/h42-44H,7-41H2,1-6H3. The number of carbonyl (C=O) groups is 3. The average molecular weight is 766 g/mol. The summed E-state index contributed by atoms with van der Waals surface area (Å²) in [4.78, 5) is 41.1. The van der Waals surface area contributed by atoms with Gasteiger partial charge in [-0.05, 0) is 111 Å². The van der Waals surface area contributed by atoms with Crippen LogP contribution in [0.5, 0.6) is 0 Å². The minimum Gasteiger partial charge on any atom is -0.462 e. The van der Waals surface area contributed by atoms with Crippen LogP contribution < -0.4 is 0 Å². The van der Waals surface area contributed by atoms with Crippen molar-refractivity contribution in [2.24, 2.45) is 0 Å². The van der Waals surface area contributed by atoms with E-state index in [9.17, 15) is 14.4 Å². The lowest BCUT2D eigenvalue weighted by atomic mass is 10.0. The molecule has 0 aromatic carbocycles. The summed E-state index contributed by atoms with van der Waals surface area (Å²) in [5.74, 6) is -0.438. The van der Waals surface area contributed by atoms with Crippen molar-refractivity contribution in [2.75, 3.05) is 20.6 Å². The van der Waals surface area contributed by atoms with Crippen molar-refractivity contribution in [1.82, 2.24) is 4.90 Å². The Morgan fingerprint density at radius 2 is 0.611 bits per heavy atom. The molecule has 0 aromatic heterocycles. The first-order chi connectivity index (χ1) is 26.2. The fourth-order valence-electron chi connectivity index (χ4n) is 7.25. The van der Waals surface area contributed by atoms with E-state index in [-0.39, 0.29) is 36.2 Å². The van der Waals surface area contributed by atoms with Gasteiger partial charge in [-0.1, -0.05) is 137 Å². The number of carbonyl (C=O) groups excluding carboxylic acids is 3. The van der Waals surface area contributed by atoms with Crippen LogP contribution in [0.3, 0.4) is 0 Å². The minimum absolute atomic E-state index is 0.00407. The van der Waals surface area contributed by atoms with E-state index in [0.717, 1.165) is 77.2 Å². The predicted molar refractivity (Wildman–Crippen MR) is 228 cm³/mol. The van der Waals surface area contributed by atoms with E-state index in [4.69, 9.17) is 14.2 Å². The molecule has 0 unspecified atom stereocenters. The van der Waals surface area contributed by atoms with Gasteiger partial charge in [-0.15, -0.1) is 0 Å². The van der Waals surface area contributed by atoms with Crippen molar-refractivity contribution < 1.29 is 28.6 Å². The van der Waals surface area contributed by atoms with Crippen molar-refractivity contribution >= 4 is 17.9 Å². The highest BCUT2D eigenvalue weighted by Crippen LogP contribution is 2.21. The molecule has 54 heavy (non-hydrogen) atoms. The zero-order valence-corrected chi connectivity index (χ0v) is 36.9. The molecule has 320 valence electrons. The molecule has 0 fully saturated rings. The molecule has 0 spiro atoms. The van der Waals surface area contributed by atoms with Crippen LogP contribution in [0.15, 0.2) is 0 Å². The van der Waals surface area contributed by atoms with Gasteiger partial charge in [0.15, 0.2) is 0 Å². The second-order valence-corrected chi connectivity index (χ2v) is 16.5. The summed E-state index contributed by atoms with van der Waals surface area (Å²) in [6.07, 6.45) is 34.1. The molecular formula is C47H91NO6. The fraction of sp³-hybridized carbons (Fsp3) is 0.936. The van der Waals surface area contributed by atoms with Gasteiger partial charge in [0.25, 0.3) is 0 Å². The Morgan fingerprint density at radius 1 is 0.352 bits per heavy atom. The van der Waals surface area contributed by atoms with Crippen LogP contribution in [-0.2, 0) is 28.6 Å². The minimum atomic E-state index is -0.305. The van der Waals surface area contributed by atoms with E-state index in [1.54, 1.807) is 0 Å². The monoisotopic (exact) mass is 766 g/mol. The summed E-state index contributed by atoms with van der Waals surface area (Å²) in [5, 5.41) is 0. The molecular weight excluding hydrogens is 675 g/mol. The highest BCUT2D eigenvalue weighted by atomic mass is 16.6. The molecule has 0 bridgehead atoms. The molecule has 0 saturated carbocycles. The van der Waals surface area contributed by atoms with Gasteiger partial charge in [-0.3, -0.25) is 14.4 Å². The summed E-state index contributed by atoms with van der Waals surface area (Å²) in [6, 6.07) is 0. The normalized spacial score (nSPS) is 11.7. The third-order valence-electron chi connectivity index (χ3n) is 10.7. The molecule has 0 amide bonds. The highest BCUT2D eigenvalue weighted by Gasteiger charge is 2.20. The van der Waals surface area contributed by atoms with Crippen molar-refractivity contribution in [3.05, 3.63) is 0 Å². The average Bonchev–Trinajstić information content (AvgIpc) is 3.13. The molecule has 0 N–H and O–H groups in total. The number of nitrogens with zero attached hydrogens (tertiary/aromatic N) is 1. The van der Waals surface area contributed by atoms with Crippen LogP contribution >= 0.6 is 0 Å². The molecule has 0 aromatic rings. The van der Waals surface area contributed by atoms with Crippen molar-refractivity contribution in [3.63, 3.8) is 0 Å². The molecule has 0 atom stereocenters. The Hall–Kier alpha value is -1.63. The first-order valence-electron chi connectivity index (χ1n) is 23.5. The van der Waals surface area contributed by atoms with Gasteiger partial charge >= 0.3 is 17.9 Å². The Balaban J connectivity index is 5.12. The maximum absolute atomic E-state index is 13.0. The number of unbranched alkanes of at least 4 members (excludes halogenated alkanes) is 18. The maximum Gasteiger partial charge on any atom is 0.306 e. The van der Waals surface area contributed by atoms with Gasteiger partial charge in [0.05, 0.1) is 0 Å². The quantitative estimate of drug-likeness (QED) is 0.0348. The summed E-state index contributed by atoms with van der Waals surface area (Å²) >= 11 is 0. The number of hydrogen-bond acceptors (Lipinski definition) is 7. The van der Waals surface area contributed by atoms with Gasteiger partial charge in [0.2, 0.25) is 0 Å². The van der Waals surface area contributed by atoms with Crippen molar-refractivity contribution in [3.8, 4) is 0 Å². The van der Waals surface area contributed by atoms with Crippen molar-refractivity contribution in [1.29, 1.82) is 0 Å². The number of esters is 3. The molecule has 0 aliphatic rings. The molecule has 0 saturated heterocycles. The predicted octanol–water partition coefficient (Wildman–Crippen LogP) is 13.6. The van der Waals surface area contributed by atoms with E-state index in [1.807, 2.05) is 0 Å². The van der Waals surface area contributed by atoms with Crippen LogP contribution in [0.2, 0.25) is 0 Å². The Labute approximate surface area is 335 Å². The van der Waals surface area contributed by atoms with Crippen LogP contribution in [0, 0.1) is 0 Å². The van der Waals surface area contributed by atoms with Crippen LogP contribution in [0.1, 0.15) is 246 Å². The fourth-order valence-corrected chi connectivity index (χ4v) is 7.25. The van der Waals surface area contributed by atoms with Gasteiger partial charge < -0.3 is 19.1 Å². The Bertz CT molecular complexity index is 768. The lowest BCUT2D eigenvalue weighted by Gasteiger charge is -2.20. The van der Waals surface area contributed by atoms with E-state index in [2.05, 4.69) is 46.7 Å². The van der Waals surface area contributed by atoms with E-state index in [1.165, 1.54) is 103 Å². The van der Waals surface area contributed by atoms with E-state index >= 15 is 0 Å². The van der Waals surface area contributed by atoms with E-state index in [0.29, 0.717) is 44.9 Å². The number of rotatable bonds is 41. The molecule has 7 nitrogen and oxygen atoms in total. The zero-order chi connectivity index (χ0) is 39.9. The highest BCUT2D eigenvalue weighted by molar-refractivity contribution is 5.70. The van der Waals surface area contributed by atoms with Gasteiger partial charge in [-0.2, -0.15) is 0 Å². The third-order valence-corrected chi connectivity index (χ3v) is 10.7.